The summed E-state index contributed by atoms with van der Waals surface area (Å²) in [5.41, 5.74) is 1.04. The minimum atomic E-state index is -0.597. The lowest BCUT2D eigenvalue weighted by Crippen LogP contribution is -2.41. The Morgan fingerprint density at radius 2 is 2.20 bits per heavy atom. The molecule has 3 heterocycles. The number of aromatic nitrogens is 2. The number of carbonyl (C=O) groups is 1. The van der Waals surface area contributed by atoms with Crippen molar-refractivity contribution in [2.75, 3.05) is 40.3 Å². The standard InChI is InChI=1S/C18H25FN4O2/c1-13-6-4-8-15-20-16(17(19)23(13)15)18(24)22(10-9-21(2)3)12-14-7-5-11-25-14/h4,6,8,14H,5,7,9-12H2,1-3H3. The molecule has 1 aliphatic rings. The lowest BCUT2D eigenvalue weighted by Gasteiger charge is -2.26. The van der Waals surface area contributed by atoms with Crippen molar-refractivity contribution in [2.24, 2.45) is 0 Å². The van der Waals surface area contributed by atoms with E-state index in [1.165, 1.54) is 4.40 Å². The fourth-order valence-corrected chi connectivity index (χ4v) is 3.13. The molecule has 0 bridgehead atoms. The van der Waals surface area contributed by atoms with E-state index in [9.17, 15) is 9.18 Å². The topological polar surface area (TPSA) is 50.1 Å². The van der Waals surface area contributed by atoms with Crippen molar-refractivity contribution in [1.82, 2.24) is 19.2 Å². The summed E-state index contributed by atoms with van der Waals surface area (Å²) in [5.74, 6) is -0.974. The molecular formula is C18H25FN4O2. The summed E-state index contributed by atoms with van der Waals surface area (Å²) in [5, 5.41) is 0. The number of fused-ring (bicyclic) bond motifs is 1. The van der Waals surface area contributed by atoms with Crippen LogP contribution in [0.5, 0.6) is 0 Å². The van der Waals surface area contributed by atoms with Crippen LogP contribution in [0.2, 0.25) is 0 Å². The molecule has 3 rings (SSSR count). The van der Waals surface area contributed by atoms with Gasteiger partial charge in [0.05, 0.1) is 6.10 Å². The smallest absolute Gasteiger partial charge is 0.277 e. The van der Waals surface area contributed by atoms with Gasteiger partial charge >= 0.3 is 0 Å². The molecule has 1 saturated heterocycles. The average Bonchev–Trinajstić information content (AvgIpc) is 3.19. The van der Waals surface area contributed by atoms with Crippen LogP contribution in [0.4, 0.5) is 4.39 Å². The summed E-state index contributed by atoms with van der Waals surface area (Å²) in [6, 6.07) is 5.31. The number of nitrogens with zero attached hydrogens (tertiary/aromatic N) is 4. The molecular weight excluding hydrogens is 323 g/mol. The van der Waals surface area contributed by atoms with E-state index in [0.29, 0.717) is 31.0 Å². The molecule has 1 fully saturated rings. The van der Waals surface area contributed by atoms with Crippen molar-refractivity contribution < 1.29 is 13.9 Å². The predicted molar refractivity (Wildman–Crippen MR) is 93.3 cm³/mol. The van der Waals surface area contributed by atoms with Gasteiger partial charge in [-0.25, -0.2) is 4.98 Å². The van der Waals surface area contributed by atoms with E-state index >= 15 is 0 Å². The van der Waals surface area contributed by atoms with Gasteiger partial charge in [0.2, 0.25) is 5.95 Å². The van der Waals surface area contributed by atoms with Gasteiger partial charge in [-0.05, 0) is 46.0 Å². The molecule has 7 heteroatoms. The SMILES string of the molecule is Cc1cccc2nc(C(=O)N(CCN(C)C)CC3CCCO3)c(F)n12. The number of aryl methyl sites for hydroxylation is 1. The van der Waals surface area contributed by atoms with Gasteiger partial charge in [-0.1, -0.05) is 6.07 Å². The first kappa shape index (κ1) is 17.8. The van der Waals surface area contributed by atoms with Crippen LogP contribution in [0, 0.1) is 12.9 Å². The van der Waals surface area contributed by atoms with Crippen molar-refractivity contribution in [2.45, 2.75) is 25.9 Å². The summed E-state index contributed by atoms with van der Waals surface area (Å²) >= 11 is 0. The van der Waals surface area contributed by atoms with Crippen LogP contribution in [-0.4, -0.2) is 71.5 Å². The first-order valence-corrected chi connectivity index (χ1v) is 8.66. The highest BCUT2D eigenvalue weighted by molar-refractivity contribution is 5.93. The lowest BCUT2D eigenvalue weighted by atomic mass is 10.2. The van der Waals surface area contributed by atoms with Crippen LogP contribution in [-0.2, 0) is 4.74 Å². The van der Waals surface area contributed by atoms with E-state index in [4.69, 9.17) is 4.74 Å². The second kappa shape index (κ2) is 7.49. The number of hydrogen-bond acceptors (Lipinski definition) is 4. The summed E-state index contributed by atoms with van der Waals surface area (Å²) in [6.45, 7) is 4.20. The second-order valence-electron chi connectivity index (χ2n) is 6.80. The molecule has 136 valence electrons. The summed E-state index contributed by atoms with van der Waals surface area (Å²) in [4.78, 5) is 20.9. The van der Waals surface area contributed by atoms with Crippen molar-refractivity contribution in [3.63, 3.8) is 0 Å². The van der Waals surface area contributed by atoms with E-state index in [2.05, 4.69) is 4.98 Å². The Morgan fingerprint density at radius 1 is 1.40 bits per heavy atom. The largest absolute Gasteiger partial charge is 0.376 e. The van der Waals surface area contributed by atoms with Gasteiger partial charge in [0.1, 0.15) is 5.65 Å². The molecule has 1 amide bonds. The monoisotopic (exact) mass is 348 g/mol. The Bertz CT molecular complexity index is 753. The number of ether oxygens (including phenoxy) is 1. The molecule has 0 spiro atoms. The molecule has 2 aromatic rings. The fraction of sp³-hybridized carbons (Fsp3) is 0.556. The van der Waals surface area contributed by atoms with Gasteiger partial charge in [-0.2, -0.15) is 4.39 Å². The van der Waals surface area contributed by atoms with E-state index in [0.717, 1.165) is 19.4 Å². The molecule has 0 aliphatic carbocycles. The molecule has 0 aromatic carbocycles. The van der Waals surface area contributed by atoms with Crippen molar-refractivity contribution in [3.05, 3.63) is 35.5 Å². The third-order valence-corrected chi connectivity index (χ3v) is 4.54. The number of pyridine rings is 1. The third-order valence-electron chi connectivity index (χ3n) is 4.54. The van der Waals surface area contributed by atoms with Crippen LogP contribution in [0.1, 0.15) is 29.0 Å². The summed E-state index contributed by atoms with van der Waals surface area (Å²) < 4.78 is 21.9. The number of carbonyl (C=O) groups excluding carboxylic acids is 1. The number of halogens is 1. The Kier molecular flexibility index (Phi) is 5.34. The number of likely N-dealkylation sites (N-methyl/N-ethyl adjacent to an activating group) is 1. The maximum Gasteiger partial charge on any atom is 0.277 e. The van der Waals surface area contributed by atoms with Gasteiger partial charge in [-0.15, -0.1) is 0 Å². The molecule has 25 heavy (non-hydrogen) atoms. The van der Waals surface area contributed by atoms with Crippen LogP contribution in [0.25, 0.3) is 5.65 Å². The van der Waals surface area contributed by atoms with Gasteiger partial charge in [0, 0.05) is 31.9 Å². The first-order valence-electron chi connectivity index (χ1n) is 8.66. The Labute approximate surface area is 147 Å². The highest BCUT2D eigenvalue weighted by Crippen LogP contribution is 2.18. The summed E-state index contributed by atoms with van der Waals surface area (Å²) in [7, 11) is 3.90. The number of hydrogen-bond donors (Lipinski definition) is 0. The average molecular weight is 348 g/mol. The zero-order valence-electron chi connectivity index (χ0n) is 15.0. The third kappa shape index (κ3) is 3.82. The number of imidazole rings is 1. The molecule has 6 nitrogen and oxygen atoms in total. The lowest BCUT2D eigenvalue weighted by molar-refractivity contribution is 0.0504. The molecule has 1 atom stereocenters. The van der Waals surface area contributed by atoms with Crippen molar-refractivity contribution >= 4 is 11.6 Å². The zero-order chi connectivity index (χ0) is 18.0. The van der Waals surface area contributed by atoms with Crippen molar-refractivity contribution in [3.8, 4) is 0 Å². The molecule has 2 aromatic heterocycles. The molecule has 0 saturated carbocycles. The fourth-order valence-electron chi connectivity index (χ4n) is 3.13. The van der Waals surface area contributed by atoms with Gasteiger partial charge in [0.25, 0.3) is 5.91 Å². The Morgan fingerprint density at radius 3 is 2.84 bits per heavy atom. The number of rotatable bonds is 6. The first-order chi connectivity index (χ1) is 12.0. The Balaban J connectivity index is 1.87. The van der Waals surface area contributed by atoms with Gasteiger partial charge in [0.15, 0.2) is 5.69 Å². The van der Waals surface area contributed by atoms with Crippen LogP contribution in [0.15, 0.2) is 18.2 Å². The summed E-state index contributed by atoms with van der Waals surface area (Å²) in [6.07, 6.45) is 1.95. The van der Waals surface area contributed by atoms with E-state index in [1.807, 2.05) is 25.1 Å². The normalized spacial score (nSPS) is 17.6. The minimum absolute atomic E-state index is 0.0212. The highest BCUT2D eigenvalue weighted by atomic mass is 19.1. The van der Waals surface area contributed by atoms with Crippen LogP contribution < -0.4 is 0 Å². The zero-order valence-corrected chi connectivity index (χ0v) is 15.0. The maximum atomic E-state index is 14.8. The minimum Gasteiger partial charge on any atom is -0.376 e. The highest BCUT2D eigenvalue weighted by Gasteiger charge is 2.28. The second-order valence-corrected chi connectivity index (χ2v) is 6.80. The Hall–Kier alpha value is -1.99. The van der Waals surface area contributed by atoms with Crippen molar-refractivity contribution in [1.29, 1.82) is 0 Å². The number of amides is 1. The van der Waals surface area contributed by atoms with E-state index in [1.54, 1.807) is 24.0 Å². The quantitative estimate of drug-likeness (QED) is 0.801. The molecule has 1 unspecified atom stereocenters. The maximum absolute atomic E-state index is 14.8. The molecule has 1 aliphatic heterocycles. The predicted octanol–water partition coefficient (Wildman–Crippen LogP) is 1.96. The van der Waals surface area contributed by atoms with E-state index < -0.39 is 5.95 Å². The van der Waals surface area contributed by atoms with Crippen LogP contribution in [0.3, 0.4) is 0 Å². The van der Waals surface area contributed by atoms with Crippen LogP contribution >= 0.6 is 0 Å². The molecule has 0 N–H and O–H groups in total. The van der Waals surface area contributed by atoms with Gasteiger partial charge in [-0.3, -0.25) is 9.20 Å². The molecule has 0 radical (unpaired) electrons. The van der Waals surface area contributed by atoms with Gasteiger partial charge < -0.3 is 14.5 Å². The van der Waals surface area contributed by atoms with E-state index in [-0.39, 0.29) is 17.7 Å².